The average molecular weight is 210 g/mol. The molecule has 5 heteroatoms. The summed E-state index contributed by atoms with van der Waals surface area (Å²) >= 11 is 0. The summed E-state index contributed by atoms with van der Waals surface area (Å²) < 4.78 is 5.18. The minimum Gasteiger partial charge on any atom is -0.374 e. The van der Waals surface area contributed by atoms with Gasteiger partial charge in [-0.1, -0.05) is 13.3 Å². The molecule has 0 saturated carbocycles. The van der Waals surface area contributed by atoms with Gasteiger partial charge in [-0.05, 0) is 13.3 Å². The van der Waals surface area contributed by atoms with Gasteiger partial charge in [0, 0.05) is 18.9 Å². The van der Waals surface area contributed by atoms with Crippen molar-refractivity contribution >= 4 is 5.82 Å². The Morgan fingerprint density at radius 2 is 2.27 bits per heavy atom. The molecule has 0 aromatic carbocycles. The second-order valence-corrected chi connectivity index (χ2v) is 3.37. The summed E-state index contributed by atoms with van der Waals surface area (Å²) in [5, 5.41) is 0. The number of hydrogen-bond acceptors (Lipinski definition) is 5. The van der Waals surface area contributed by atoms with E-state index >= 15 is 0 Å². The number of nitrogens with zero attached hydrogens (tertiary/aromatic N) is 2. The molecule has 1 heterocycles. The predicted octanol–water partition coefficient (Wildman–Crippen LogP) is 1.42. The van der Waals surface area contributed by atoms with Gasteiger partial charge in [0.25, 0.3) is 0 Å². The van der Waals surface area contributed by atoms with Gasteiger partial charge in [0.1, 0.15) is 11.9 Å². The van der Waals surface area contributed by atoms with Gasteiger partial charge in [0.05, 0.1) is 0 Å². The molecule has 0 aliphatic carbocycles. The molecule has 3 N–H and O–H groups in total. The van der Waals surface area contributed by atoms with Gasteiger partial charge in [0.15, 0.2) is 5.82 Å². The Hall–Kier alpha value is -1.20. The second kappa shape index (κ2) is 5.63. The van der Waals surface area contributed by atoms with E-state index in [1.165, 1.54) is 0 Å². The van der Waals surface area contributed by atoms with Crippen molar-refractivity contribution < 1.29 is 4.74 Å². The van der Waals surface area contributed by atoms with Crippen LogP contribution in [0.25, 0.3) is 0 Å². The van der Waals surface area contributed by atoms with Gasteiger partial charge < -0.3 is 10.2 Å². The molecule has 0 bridgehead atoms. The van der Waals surface area contributed by atoms with E-state index in [9.17, 15) is 0 Å². The topological polar surface area (TPSA) is 73.1 Å². The SMILES string of the molecule is CCCc1cc(NN)nc(C(C)OC)n1. The molecule has 0 aliphatic rings. The zero-order valence-corrected chi connectivity index (χ0v) is 9.45. The third-order valence-electron chi connectivity index (χ3n) is 2.17. The fraction of sp³-hybridized carbons (Fsp3) is 0.600. The molecule has 1 unspecified atom stereocenters. The molecule has 1 atom stereocenters. The summed E-state index contributed by atoms with van der Waals surface area (Å²) in [5.74, 6) is 6.64. The molecule has 1 aromatic heterocycles. The highest BCUT2D eigenvalue weighted by Crippen LogP contribution is 2.15. The number of aromatic nitrogens is 2. The van der Waals surface area contributed by atoms with Crippen molar-refractivity contribution in [3.05, 3.63) is 17.6 Å². The predicted molar refractivity (Wildman–Crippen MR) is 59.3 cm³/mol. The van der Waals surface area contributed by atoms with Crippen LogP contribution in [0.5, 0.6) is 0 Å². The first-order valence-electron chi connectivity index (χ1n) is 5.08. The molecular formula is C10H18N4O. The molecule has 1 aromatic rings. The Morgan fingerprint density at radius 1 is 1.53 bits per heavy atom. The van der Waals surface area contributed by atoms with Crippen molar-refractivity contribution in [2.75, 3.05) is 12.5 Å². The summed E-state index contributed by atoms with van der Waals surface area (Å²) in [5.41, 5.74) is 3.52. The fourth-order valence-electron chi connectivity index (χ4n) is 1.26. The van der Waals surface area contributed by atoms with Crippen molar-refractivity contribution in [3.63, 3.8) is 0 Å². The number of ether oxygens (including phenoxy) is 1. The van der Waals surface area contributed by atoms with E-state index in [0.717, 1.165) is 18.5 Å². The molecule has 5 nitrogen and oxygen atoms in total. The Bertz CT molecular complexity index is 316. The Balaban J connectivity index is 2.99. The van der Waals surface area contributed by atoms with Crippen LogP contribution in [0, 0.1) is 0 Å². The van der Waals surface area contributed by atoms with E-state index < -0.39 is 0 Å². The Kier molecular flexibility index (Phi) is 4.45. The first-order chi connectivity index (χ1) is 7.21. The van der Waals surface area contributed by atoms with Crippen molar-refractivity contribution in [1.82, 2.24) is 9.97 Å². The summed E-state index contributed by atoms with van der Waals surface area (Å²) in [6.45, 7) is 4.02. The third-order valence-corrected chi connectivity index (χ3v) is 2.17. The van der Waals surface area contributed by atoms with Crippen molar-refractivity contribution in [2.24, 2.45) is 5.84 Å². The van der Waals surface area contributed by atoms with Crippen molar-refractivity contribution in [2.45, 2.75) is 32.8 Å². The van der Waals surface area contributed by atoms with Crippen LogP contribution in [-0.4, -0.2) is 17.1 Å². The van der Waals surface area contributed by atoms with Crippen LogP contribution in [0.15, 0.2) is 6.07 Å². The summed E-state index contributed by atoms with van der Waals surface area (Å²) in [7, 11) is 1.63. The largest absolute Gasteiger partial charge is 0.374 e. The second-order valence-electron chi connectivity index (χ2n) is 3.37. The summed E-state index contributed by atoms with van der Waals surface area (Å²) in [6, 6.07) is 1.86. The molecule has 15 heavy (non-hydrogen) atoms. The van der Waals surface area contributed by atoms with Crippen LogP contribution in [0.4, 0.5) is 5.82 Å². The number of hydrogen-bond donors (Lipinski definition) is 2. The smallest absolute Gasteiger partial charge is 0.159 e. The first kappa shape index (κ1) is 11.9. The summed E-state index contributed by atoms with van der Waals surface area (Å²) in [6.07, 6.45) is 1.84. The highest BCUT2D eigenvalue weighted by atomic mass is 16.5. The average Bonchev–Trinajstić information content (AvgIpc) is 2.28. The normalized spacial score (nSPS) is 12.5. The highest BCUT2D eigenvalue weighted by molar-refractivity contribution is 5.34. The lowest BCUT2D eigenvalue weighted by atomic mass is 10.2. The van der Waals surface area contributed by atoms with Gasteiger partial charge in [-0.15, -0.1) is 0 Å². The first-order valence-corrected chi connectivity index (χ1v) is 5.08. The molecule has 1 rings (SSSR count). The quantitative estimate of drug-likeness (QED) is 0.568. The minimum atomic E-state index is -0.117. The van der Waals surface area contributed by atoms with E-state index in [0.29, 0.717) is 11.6 Å². The minimum absolute atomic E-state index is 0.117. The lowest BCUT2D eigenvalue weighted by Crippen LogP contribution is -2.13. The Morgan fingerprint density at radius 3 is 2.80 bits per heavy atom. The van der Waals surface area contributed by atoms with Gasteiger partial charge in [-0.2, -0.15) is 0 Å². The number of methoxy groups -OCH3 is 1. The maximum Gasteiger partial charge on any atom is 0.159 e. The highest BCUT2D eigenvalue weighted by Gasteiger charge is 2.10. The molecular weight excluding hydrogens is 192 g/mol. The number of hydrazine groups is 1. The van der Waals surface area contributed by atoms with E-state index in [2.05, 4.69) is 22.3 Å². The molecule has 0 spiro atoms. The van der Waals surface area contributed by atoms with Crippen LogP contribution in [0.3, 0.4) is 0 Å². The van der Waals surface area contributed by atoms with Crippen LogP contribution in [0.2, 0.25) is 0 Å². The lowest BCUT2D eigenvalue weighted by molar-refractivity contribution is 0.112. The number of anilines is 1. The van der Waals surface area contributed by atoms with Crippen molar-refractivity contribution in [1.29, 1.82) is 0 Å². The summed E-state index contributed by atoms with van der Waals surface area (Å²) in [4.78, 5) is 8.64. The molecule has 84 valence electrons. The molecule has 0 amide bonds. The molecule has 0 radical (unpaired) electrons. The Labute approximate surface area is 90.0 Å². The van der Waals surface area contributed by atoms with Gasteiger partial charge in [0.2, 0.25) is 0 Å². The van der Waals surface area contributed by atoms with E-state index in [1.54, 1.807) is 7.11 Å². The number of rotatable bonds is 5. The monoisotopic (exact) mass is 210 g/mol. The molecule has 0 aliphatic heterocycles. The van der Waals surface area contributed by atoms with Gasteiger partial charge in [-0.25, -0.2) is 15.8 Å². The van der Waals surface area contributed by atoms with Crippen LogP contribution < -0.4 is 11.3 Å². The van der Waals surface area contributed by atoms with Gasteiger partial charge >= 0.3 is 0 Å². The lowest BCUT2D eigenvalue weighted by Gasteiger charge is -2.11. The number of nitrogens with one attached hydrogen (secondary N) is 1. The maximum absolute atomic E-state index is 5.34. The molecule has 0 saturated heterocycles. The number of aryl methyl sites for hydroxylation is 1. The fourth-order valence-corrected chi connectivity index (χ4v) is 1.26. The zero-order valence-electron chi connectivity index (χ0n) is 9.45. The van der Waals surface area contributed by atoms with E-state index in [1.807, 2.05) is 13.0 Å². The zero-order chi connectivity index (χ0) is 11.3. The maximum atomic E-state index is 5.34. The third kappa shape index (κ3) is 3.14. The van der Waals surface area contributed by atoms with E-state index in [4.69, 9.17) is 10.6 Å². The van der Waals surface area contributed by atoms with Crippen molar-refractivity contribution in [3.8, 4) is 0 Å². The standard InChI is InChI=1S/C10H18N4O/c1-4-5-8-6-9(14-11)13-10(12-8)7(2)15-3/h6-7H,4-5,11H2,1-3H3,(H,12,13,14). The number of nitrogens with two attached hydrogens (primary N) is 1. The van der Waals surface area contributed by atoms with Crippen LogP contribution in [-0.2, 0) is 11.2 Å². The van der Waals surface area contributed by atoms with E-state index in [-0.39, 0.29) is 6.10 Å². The van der Waals surface area contributed by atoms with Gasteiger partial charge in [-0.3, -0.25) is 0 Å². The van der Waals surface area contributed by atoms with Crippen LogP contribution >= 0.6 is 0 Å². The molecule has 0 fully saturated rings. The van der Waals surface area contributed by atoms with Crippen LogP contribution in [0.1, 0.15) is 37.9 Å². The number of nitrogen functional groups attached to an aromatic ring is 1.